The average molecular weight is 423 g/mol. The fraction of sp³-hybridized carbons (Fsp3) is 0.350. The van der Waals surface area contributed by atoms with Crippen molar-refractivity contribution in [3.63, 3.8) is 0 Å². The molecule has 3 rings (SSSR count). The third kappa shape index (κ3) is 4.56. The lowest BCUT2D eigenvalue weighted by Gasteiger charge is -2.30. The summed E-state index contributed by atoms with van der Waals surface area (Å²) in [4.78, 5) is 29.3. The number of carbonyl (C=O) groups is 2. The minimum absolute atomic E-state index is 0.00754. The summed E-state index contributed by atoms with van der Waals surface area (Å²) >= 11 is 12.3. The predicted octanol–water partition coefficient (Wildman–Crippen LogP) is 4.62. The number of hydrogen-bond donors (Lipinski definition) is 0. The molecule has 6 nitrogen and oxygen atoms in total. The van der Waals surface area contributed by atoms with Crippen LogP contribution in [0.4, 0.5) is 5.69 Å². The smallest absolute Gasteiger partial charge is 0.265 e. The quantitative estimate of drug-likeness (QED) is 0.650. The van der Waals surface area contributed by atoms with Gasteiger partial charge in [0.25, 0.3) is 5.91 Å². The summed E-state index contributed by atoms with van der Waals surface area (Å²) in [5.74, 6) is 0.717. The number of nitrogens with zero attached hydrogens (tertiary/aromatic N) is 2. The Kier molecular flexibility index (Phi) is 6.42. The van der Waals surface area contributed by atoms with E-state index in [0.29, 0.717) is 33.7 Å². The van der Waals surface area contributed by atoms with Crippen molar-refractivity contribution in [3.05, 3.63) is 46.2 Å². The lowest BCUT2D eigenvalue weighted by Crippen LogP contribution is -2.39. The first kappa shape index (κ1) is 20.4. The maximum absolute atomic E-state index is 12.2. The number of halogens is 2. The zero-order chi connectivity index (χ0) is 20.3. The molecule has 0 spiro atoms. The summed E-state index contributed by atoms with van der Waals surface area (Å²) in [5.41, 5.74) is 1.27. The Morgan fingerprint density at radius 2 is 2.14 bits per heavy atom. The molecule has 0 aliphatic carbocycles. The second-order valence-electron chi connectivity index (χ2n) is 6.45. The summed E-state index contributed by atoms with van der Waals surface area (Å²) < 4.78 is 11.6. The number of Topliss-reactive ketones (excluding diaryl/α,β-unsaturated/α-hetero) is 1. The fourth-order valence-corrected chi connectivity index (χ4v) is 3.21. The molecule has 148 valence electrons. The number of ether oxygens (including phenoxy) is 2. The van der Waals surface area contributed by atoms with Crippen LogP contribution in [0.1, 0.15) is 38.5 Å². The van der Waals surface area contributed by atoms with Crippen LogP contribution in [0.2, 0.25) is 10.0 Å². The maximum Gasteiger partial charge on any atom is 0.265 e. The monoisotopic (exact) mass is 422 g/mol. The van der Waals surface area contributed by atoms with Gasteiger partial charge in [-0.3, -0.25) is 14.6 Å². The van der Waals surface area contributed by atoms with Gasteiger partial charge in [-0.2, -0.15) is 0 Å². The molecule has 0 N–H and O–H groups in total. The zero-order valence-corrected chi connectivity index (χ0v) is 17.1. The number of pyridine rings is 1. The van der Waals surface area contributed by atoms with Crippen LogP contribution in [0, 0.1) is 0 Å². The molecule has 2 heterocycles. The second-order valence-corrected chi connectivity index (χ2v) is 7.30. The van der Waals surface area contributed by atoms with E-state index in [-0.39, 0.29) is 37.4 Å². The van der Waals surface area contributed by atoms with Crippen molar-refractivity contribution in [1.29, 1.82) is 0 Å². The van der Waals surface area contributed by atoms with E-state index < -0.39 is 0 Å². The standard InChI is InChI=1S/C20H20Cl2N2O4/c1-3-17(15-5-4-13(21)10-23-15)28-18-9-19-16(8-14(18)22)24(7-6-12(2)25)20(26)11-27-19/h4-5,8-10,17H,3,6-7,11H2,1-2H3/t17-/m1/s1. The maximum atomic E-state index is 12.2. The number of ketones is 1. The molecule has 28 heavy (non-hydrogen) atoms. The number of rotatable bonds is 7. The number of anilines is 1. The first-order chi connectivity index (χ1) is 13.4. The molecule has 8 heteroatoms. The molecule has 0 bridgehead atoms. The van der Waals surface area contributed by atoms with E-state index in [1.807, 2.05) is 13.0 Å². The minimum atomic E-state index is -0.313. The van der Waals surface area contributed by atoms with Gasteiger partial charge >= 0.3 is 0 Å². The Labute approximate surface area is 173 Å². The number of amides is 1. The molecular weight excluding hydrogens is 403 g/mol. The van der Waals surface area contributed by atoms with Gasteiger partial charge < -0.3 is 14.4 Å². The third-order valence-corrected chi connectivity index (χ3v) is 4.88. The lowest BCUT2D eigenvalue weighted by atomic mass is 10.1. The van der Waals surface area contributed by atoms with Crippen molar-refractivity contribution < 1.29 is 19.1 Å². The Morgan fingerprint density at radius 1 is 1.36 bits per heavy atom. The van der Waals surface area contributed by atoms with Crippen LogP contribution in [-0.2, 0) is 9.59 Å². The molecule has 0 unspecified atom stereocenters. The van der Waals surface area contributed by atoms with E-state index in [2.05, 4.69) is 4.98 Å². The fourth-order valence-electron chi connectivity index (χ4n) is 2.89. The SMILES string of the molecule is CC[C@@H](Oc1cc2c(cc1Cl)N(CCC(C)=O)C(=O)CO2)c1ccc(Cl)cn1. The van der Waals surface area contributed by atoms with Crippen LogP contribution < -0.4 is 14.4 Å². The zero-order valence-electron chi connectivity index (χ0n) is 15.6. The summed E-state index contributed by atoms with van der Waals surface area (Å²) in [6.07, 6.45) is 2.19. The van der Waals surface area contributed by atoms with Gasteiger partial charge in [0.05, 0.1) is 21.4 Å². The van der Waals surface area contributed by atoms with Crippen LogP contribution in [0.25, 0.3) is 0 Å². The Balaban J connectivity index is 1.86. The molecule has 0 saturated carbocycles. The summed E-state index contributed by atoms with van der Waals surface area (Å²) in [6.45, 7) is 3.66. The van der Waals surface area contributed by atoms with Crippen LogP contribution in [0.5, 0.6) is 11.5 Å². The molecule has 0 fully saturated rings. The second kappa shape index (κ2) is 8.80. The van der Waals surface area contributed by atoms with Gasteiger partial charge in [-0.05, 0) is 31.5 Å². The van der Waals surface area contributed by atoms with Gasteiger partial charge in [0.1, 0.15) is 23.4 Å². The third-order valence-electron chi connectivity index (χ3n) is 4.36. The summed E-state index contributed by atoms with van der Waals surface area (Å²) in [6, 6.07) is 6.86. The van der Waals surface area contributed by atoms with Crippen molar-refractivity contribution in [3.8, 4) is 11.5 Å². The topological polar surface area (TPSA) is 68.7 Å². The molecule has 1 aliphatic heterocycles. The average Bonchev–Trinajstić information content (AvgIpc) is 2.66. The van der Waals surface area contributed by atoms with Crippen LogP contribution in [0.15, 0.2) is 30.5 Å². The Morgan fingerprint density at radius 3 is 2.79 bits per heavy atom. The highest BCUT2D eigenvalue weighted by Crippen LogP contribution is 2.42. The van der Waals surface area contributed by atoms with Crippen molar-refractivity contribution in [2.45, 2.75) is 32.8 Å². The van der Waals surface area contributed by atoms with Gasteiger partial charge in [-0.25, -0.2) is 0 Å². The van der Waals surface area contributed by atoms with E-state index in [4.69, 9.17) is 32.7 Å². The van der Waals surface area contributed by atoms with Gasteiger partial charge in [-0.15, -0.1) is 0 Å². The van der Waals surface area contributed by atoms with Gasteiger partial charge in [0, 0.05) is 25.2 Å². The lowest BCUT2D eigenvalue weighted by molar-refractivity contribution is -0.121. The first-order valence-corrected chi connectivity index (χ1v) is 9.69. The molecule has 1 aliphatic rings. The normalized spacial score (nSPS) is 14.3. The Hall–Kier alpha value is -2.31. The number of fused-ring (bicyclic) bond motifs is 1. The number of carbonyl (C=O) groups excluding carboxylic acids is 2. The van der Waals surface area contributed by atoms with Gasteiger partial charge in [0.15, 0.2) is 6.61 Å². The number of aromatic nitrogens is 1. The van der Waals surface area contributed by atoms with Crippen molar-refractivity contribution in [1.82, 2.24) is 4.98 Å². The molecule has 1 aromatic heterocycles. The van der Waals surface area contributed by atoms with Gasteiger partial charge in [-0.1, -0.05) is 30.1 Å². The molecule has 1 amide bonds. The molecular formula is C20H20Cl2N2O4. The highest BCUT2D eigenvalue weighted by atomic mass is 35.5. The van der Waals surface area contributed by atoms with E-state index in [9.17, 15) is 9.59 Å². The van der Waals surface area contributed by atoms with Gasteiger partial charge in [0.2, 0.25) is 0 Å². The summed E-state index contributed by atoms with van der Waals surface area (Å²) in [5, 5.41) is 0.895. The highest BCUT2D eigenvalue weighted by Gasteiger charge is 2.28. The minimum Gasteiger partial charge on any atom is -0.482 e. The van der Waals surface area contributed by atoms with E-state index in [0.717, 1.165) is 5.69 Å². The molecule has 1 aromatic carbocycles. The van der Waals surface area contributed by atoms with Crippen molar-refractivity contribution >= 4 is 40.6 Å². The van der Waals surface area contributed by atoms with Crippen LogP contribution >= 0.6 is 23.2 Å². The van der Waals surface area contributed by atoms with Crippen LogP contribution in [0.3, 0.4) is 0 Å². The number of hydrogen-bond acceptors (Lipinski definition) is 5. The van der Waals surface area contributed by atoms with Crippen molar-refractivity contribution in [2.24, 2.45) is 0 Å². The molecule has 2 aromatic rings. The first-order valence-electron chi connectivity index (χ1n) is 8.93. The molecule has 1 atom stereocenters. The van der Waals surface area contributed by atoms with E-state index in [1.165, 1.54) is 11.8 Å². The molecule has 0 saturated heterocycles. The Bertz CT molecular complexity index is 887. The van der Waals surface area contributed by atoms with E-state index >= 15 is 0 Å². The highest BCUT2D eigenvalue weighted by molar-refractivity contribution is 6.32. The predicted molar refractivity (Wildman–Crippen MR) is 108 cm³/mol. The van der Waals surface area contributed by atoms with Crippen LogP contribution in [-0.4, -0.2) is 29.8 Å². The molecule has 0 radical (unpaired) electrons. The summed E-state index contributed by atoms with van der Waals surface area (Å²) in [7, 11) is 0. The van der Waals surface area contributed by atoms with Crippen molar-refractivity contribution in [2.75, 3.05) is 18.1 Å². The van der Waals surface area contributed by atoms with E-state index in [1.54, 1.807) is 24.4 Å². The largest absolute Gasteiger partial charge is 0.482 e. The number of benzene rings is 1.